The van der Waals surface area contributed by atoms with Gasteiger partial charge in [-0.2, -0.15) is 10.2 Å². The Morgan fingerprint density at radius 3 is 1.31 bits per heavy atom. The first-order valence-electron chi connectivity index (χ1n) is 12.8. The van der Waals surface area contributed by atoms with E-state index in [4.69, 9.17) is 17.2 Å². The van der Waals surface area contributed by atoms with Gasteiger partial charge in [0.05, 0.1) is 16.3 Å². The molecule has 0 spiro atoms. The second kappa shape index (κ2) is 12.3. The van der Waals surface area contributed by atoms with Crippen LogP contribution in [0.5, 0.6) is 0 Å². The van der Waals surface area contributed by atoms with Gasteiger partial charge in [-0.1, -0.05) is 12.1 Å². The summed E-state index contributed by atoms with van der Waals surface area (Å²) in [5.41, 5.74) is 24.6. The molecule has 210 valence electrons. The summed E-state index contributed by atoms with van der Waals surface area (Å²) in [4.78, 5) is 10.2. The molecule has 6 aromatic rings. The van der Waals surface area contributed by atoms with Gasteiger partial charge in [-0.05, 0) is 78.4 Å². The van der Waals surface area contributed by atoms with Crippen LogP contribution in [0.2, 0.25) is 0 Å². The number of rotatable bonds is 7. The number of anilines is 7. The van der Waals surface area contributed by atoms with Crippen LogP contribution in [0, 0.1) is 10.1 Å². The summed E-state index contributed by atoms with van der Waals surface area (Å²) in [6.07, 6.45) is 0. The summed E-state index contributed by atoms with van der Waals surface area (Å²) in [5.74, 6) is 1.40. The van der Waals surface area contributed by atoms with Crippen LogP contribution in [-0.4, -0.2) is 25.3 Å². The zero-order chi connectivity index (χ0) is 29.5. The largest absolute Gasteiger partial charge is 0.399 e. The van der Waals surface area contributed by atoms with Gasteiger partial charge < -0.3 is 27.8 Å². The van der Waals surface area contributed by atoms with E-state index < -0.39 is 4.92 Å². The highest BCUT2D eigenvalue weighted by Crippen LogP contribution is 2.25. The maximum absolute atomic E-state index is 10.6. The first-order chi connectivity index (χ1) is 20.3. The lowest BCUT2D eigenvalue weighted by Crippen LogP contribution is -1.91. The first-order valence-corrected chi connectivity index (χ1v) is 12.8. The molecular formula is C30H28N10O2. The molecule has 0 unspecified atom stereocenters. The van der Waals surface area contributed by atoms with Crippen molar-refractivity contribution in [2.24, 2.45) is 0 Å². The lowest BCUT2D eigenvalue weighted by Gasteiger charge is -2.02. The molecule has 0 atom stereocenters. The van der Waals surface area contributed by atoms with E-state index in [1.54, 1.807) is 24.3 Å². The highest BCUT2D eigenvalue weighted by Gasteiger charge is 2.08. The van der Waals surface area contributed by atoms with E-state index in [1.807, 2.05) is 72.8 Å². The minimum Gasteiger partial charge on any atom is -0.399 e. The second-order valence-corrected chi connectivity index (χ2v) is 9.25. The van der Waals surface area contributed by atoms with Crippen molar-refractivity contribution in [3.8, 4) is 22.5 Å². The summed E-state index contributed by atoms with van der Waals surface area (Å²) >= 11 is 0. The number of nitrogens with two attached hydrogens (primary N) is 3. The molecule has 12 heteroatoms. The van der Waals surface area contributed by atoms with Gasteiger partial charge >= 0.3 is 0 Å². The van der Waals surface area contributed by atoms with Gasteiger partial charge in [0.1, 0.15) is 0 Å². The molecule has 0 fully saturated rings. The molecule has 0 saturated heterocycles. The Hall–Kier alpha value is -6.30. The molecule has 12 nitrogen and oxygen atoms in total. The van der Waals surface area contributed by atoms with Gasteiger partial charge in [-0.3, -0.25) is 20.3 Å². The van der Waals surface area contributed by atoms with Crippen LogP contribution in [0.3, 0.4) is 0 Å². The summed E-state index contributed by atoms with van der Waals surface area (Å²) in [6, 6.07) is 32.5. The third-order valence-electron chi connectivity index (χ3n) is 6.13. The van der Waals surface area contributed by atoms with Crippen LogP contribution >= 0.6 is 0 Å². The fourth-order valence-electron chi connectivity index (χ4n) is 3.92. The number of non-ortho nitro benzene ring substituents is 1. The maximum atomic E-state index is 10.6. The summed E-state index contributed by atoms with van der Waals surface area (Å²) in [6.45, 7) is 0. The number of nitro groups is 1. The summed E-state index contributed by atoms with van der Waals surface area (Å²) in [5, 5.41) is 31.3. The quantitative estimate of drug-likeness (QED) is 0.0664. The number of hydrogen-bond acceptors (Lipinski definition) is 9. The predicted octanol–water partition coefficient (Wildman–Crippen LogP) is 6.30. The van der Waals surface area contributed by atoms with Crippen LogP contribution < -0.4 is 27.8 Å². The topological polar surface area (TPSA) is 203 Å². The van der Waals surface area contributed by atoms with E-state index in [9.17, 15) is 10.1 Å². The molecule has 2 aromatic heterocycles. The number of aromatic amines is 2. The third-order valence-corrected chi connectivity index (χ3v) is 6.13. The van der Waals surface area contributed by atoms with E-state index in [1.165, 1.54) is 12.1 Å². The van der Waals surface area contributed by atoms with Crippen LogP contribution in [0.1, 0.15) is 0 Å². The maximum Gasteiger partial charge on any atom is 0.269 e. The molecule has 42 heavy (non-hydrogen) atoms. The number of hydrogen-bond donors (Lipinski definition) is 7. The molecule has 4 aromatic carbocycles. The molecule has 6 rings (SSSR count). The molecule has 0 saturated carbocycles. The highest BCUT2D eigenvalue weighted by molar-refractivity contribution is 5.69. The Kier molecular flexibility index (Phi) is 7.96. The van der Waals surface area contributed by atoms with Crippen molar-refractivity contribution in [3.05, 3.63) is 119 Å². The van der Waals surface area contributed by atoms with Crippen LogP contribution in [0.15, 0.2) is 109 Å². The van der Waals surface area contributed by atoms with Gasteiger partial charge in [0.15, 0.2) is 11.6 Å². The molecule has 0 aliphatic rings. The standard InChI is InChI=1S/C15H13N5O2.C15H15N5/c16-11-3-5-12(6-4-11)17-15-9-14(18-19-15)10-1-7-13(8-2-10)20(21)22;16-11-3-1-10(2-4-11)14-9-15(20-19-14)18-13-7-5-12(17)6-8-13/h1-9H,16H2,(H2,17,18,19);1-9H,16-17H2,(H2,18,19,20). The average Bonchev–Trinajstić information content (AvgIpc) is 3.66. The zero-order valence-corrected chi connectivity index (χ0v) is 22.3. The van der Waals surface area contributed by atoms with E-state index in [2.05, 4.69) is 31.0 Å². The highest BCUT2D eigenvalue weighted by atomic mass is 16.6. The van der Waals surface area contributed by atoms with Gasteiger partial charge in [-0.15, -0.1) is 0 Å². The number of nitro benzene ring substituents is 1. The molecular weight excluding hydrogens is 532 g/mol. The third kappa shape index (κ3) is 7.01. The Morgan fingerprint density at radius 1 is 0.571 bits per heavy atom. The Bertz CT molecular complexity index is 1760. The van der Waals surface area contributed by atoms with Crippen LogP contribution in [0.4, 0.5) is 45.8 Å². The number of nitrogens with one attached hydrogen (secondary N) is 4. The van der Waals surface area contributed by atoms with E-state index in [0.717, 1.165) is 51.1 Å². The minimum absolute atomic E-state index is 0.0588. The van der Waals surface area contributed by atoms with Crippen molar-refractivity contribution < 1.29 is 4.92 Å². The SMILES string of the molecule is Nc1ccc(Nc2cc(-c3ccc(N)cc3)[nH]n2)cc1.Nc1ccc(Nc2cc(-c3ccc([N+](=O)[O-])cc3)[nH]n2)cc1. The lowest BCUT2D eigenvalue weighted by atomic mass is 10.1. The smallest absolute Gasteiger partial charge is 0.269 e. The molecule has 0 bridgehead atoms. The van der Waals surface area contributed by atoms with Crippen LogP contribution in [0.25, 0.3) is 22.5 Å². The van der Waals surface area contributed by atoms with E-state index >= 15 is 0 Å². The molecule has 2 heterocycles. The van der Waals surface area contributed by atoms with E-state index in [-0.39, 0.29) is 5.69 Å². The summed E-state index contributed by atoms with van der Waals surface area (Å²) < 4.78 is 0. The van der Waals surface area contributed by atoms with Crippen molar-refractivity contribution in [2.75, 3.05) is 27.8 Å². The van der Waals surface area contributed by atoms with Crippen molar-refractivity contribution in [3.63, 3.8) is 0 Å². The Balaban J connectivity index is 0.000000169. The average molecular weight is 561 g/mol. The van der Waals surface area contributed by atoms with Gasteiger partial charge in [0.25, 0.3) is 5.69 Å². The van der Waals surface area contributed by atoms with E-state index in [0.29, 0.717) is 11.5 Å². The number of aromatic nitrogens is 4. The van der Waals surface area contributed by atoms with Crippen molar-refractivity contribution in [1.82, 2.24) is 20.4 Å². The predicted molar refractivity (Wildman–Crippen MR) is 167 cm³/mol. The molecule has 10 N–H and O–H groups in total. The number of nitrogen functional groups attached to an aromatic ring is 3. The molecule has 0 amide bonds. The normalized spacial score (nSPS) is 10.4. The monoisotopic (exact) mass is 560 g/mol. The van der Waals surface area contributed by atoms with Crippen molar-refractivity contribution in [2.45, 2.75) is 0 Å². The zero-order valence-electron chi connectivity index (χ0n) is 22.3. The molecule has 0 aliphatic heterocycles. The minimum atomic E-state index is -0.426. The summed E-state index contributed by atoms with van der Waals surface area (Å²) in [7, 11) is 0. The first kappa shape index (κ1) is 27.3. The van der Waals surface area contributed by atoms with Gasteiger partial charge in [0.2, 0.25) is 0 Å². The second-order valence-electron chi connectivity index (χ2n) is 9.25. The van der Waals surface area contributed by atoms with Crippen molar-refractivity contribution in [1.29, 1.82) is 0 Å². The number of benzene rings is 4. The van der Waals surface area contributed by atoms with Gasteiger partial charge in [0, 0.05) is 58.3 Å². The fourth-order valence-corrected chi connectivity index (χ4v) is 3.92. The number of nitrogens with zero attached hydrogens (tertiary/aromatic N) is 3. The van der Waals surface area contributed by atoms with Crippen molar-refractivity contribution >= 4 is 45.8 Å². The Morgan fingerprint density at radius 2 is 0.929 bits per heavy atom. The fraction of sp³-hybridized carbons (Fsp3) is 0. The Labute approximate surface area is 240 Å². The lowest BCUT2D eigenvalue weighted by molar-refractivity contribution is -0.384. The number of H-pyrrole nitrogens is 2. The van der Waals surface area contributed by atoms with Crippen LogP contribution in [-0.2, 0) is 0 Å². The molecule has 0 radical (unpaired) electrons. The van der Waals surface area contributed by atoms with Gasteiger partial charge in [-0.25, -0.2) is 0 Å². The molecule has 0 aliphatic carbocycles.